The molecule has 3 atom stereocenters. The van der Waals surface area contributed by atoms with E-state index in [1.165, 1.54) is 18.3 Å². The summed E-state index contributed by atoms with van der Waals surface area (Å²) in [5.41, 5.74) is 5.29. The molecule has 1 aliphatic carbocycles. The van der Waals surface area contributed by atoms with Crippen molar-refractivity contribution >= 4 is 11.8 Å². The molecule has 0 aliphatic heterocycles. The summed E-state index contributed by atoms with van der Waals surface area (Å²) in [4.78, 5) is 29.6. The Kier molecular flexibility index (Phi) is 8.23. The van der Waals surface area contributed by atoms with Crippen molar-refractivity contribution in [2.75, 3.05) is 0 Å². The summed E-state index contributed by atoms with van der Waals surface area (Å²) < 4.78 is 85.0. The number of carbonyl (C=O) groups is 2. The van der Waals surface area contributed by atoms with Crippen LogP contribution in [0.2, 0.25) is 0 Å². The lowest BCUT2D eigenvalue weighted by atomic mass is 9.94. The smallest absolute Gasteiger partial charge is 0.366 e. The molecule has 0 fully saturated rings. The number of hydrogen-bond acceptors (Lipinski definition) is 4. The summed E-state index contributed by atoms with van der Waals surface area (Å²) in [6.07, 6.45) is -3.18. The highest BCUT2D eigenvalue weighted by atomic mass is 19.4. The predicted octanol–water partition coefficient (Wildman–Crippen LogP) is 5.88. The van der Waals surface area contributed by atoms with E-state index < -0.39 is 59.6 Å². The molecule has 0 unspecified atom stereocenters. The van der Waals surface area contributed by atoms with Crippen molar-refractivity contribution in [3.63, 3.8) is 0 Å². The van der Waals surface area contributed by atoms with Crippen LogP contribution < -0.4 is 11.1 Å². The van der Waals surface area contributed by atoms with Gasteiger partial charge in [-0.1, -0.05) is 26.0 Å². The molecule has 0 saturated carbocycles. The van der Waals surface area contributed by atoms with Gasteiger partial charge in [0.1, 0.15) is 24.0 Å². The number of rotatable bonds is 8. The number of aromatic nitrogens is 3. The molecular weight excluding hydrogens is 588 g/mol. The van der Waals surface area contributed by atoms with Crippen molar-refractivity contribution < 1.29 is 35.9 Å². The largest absolute Gasteiger partial charge is 0.435 e. The lowest BCUT2D eigenvalue weighted by Crippen LogP contribution is -2.34. The minimum absolute atomic E-state index is 0.0677. The summed E-state index contributed by atoms with van der Waals surface area (Å²) in [5, 5.41) is 6.49. The third kappa shape index (κ3) is 6.17. The maximum Gasteiger partial charge on any atom is 0.435 e. The van der Waals surface area contributed by atoms with Crippen molar-refractivity contribution in [3.8, 4) is 11.1 Å². The molecule has 4 aromatic rings. The van der Waals surface area contributed by atoms with Gasteiger partial charge in [0.2, 0.25) is 5.91 Å². The van der Waals surface area contributed by atoms with E-state index in [9.17, 15) is 35.9 Å². The van der Waals surface area contributed by atoms with E-state index in [4.69, 9.17) is 5.73 Å². The average molecular weight is 616 g/mol. The number of benzene rings is 2. The molecule has 2 heterocycles. The zero-order chi connectivity index (χ0) is 31.9. The summed E-state index contributed by atoms with van der Waals surface area (Å²) in [6.45, 7) is 2.95. The van der Waals surface area contributed by atoms with Gasteiger partial charge in [0.15, 0.2) is 5.69 Å². The molecular formula is C31H27F6N5O2. The number of nitrogens with two attached hydrogens (primary N) is 1. The van der Waals surface area contributed by atoms with Crippen LogP contribution in [-0.2, 0) is 30.4 Å². The molecule has 230 valence electrons. The summed E-state index contributed by atoms with van der Waals surface area (Å²) in [6, 6.07) is 8.55. The minimum atomic E-state index is -4.71. The molecule has 0 bridgehead atoms. The third-order valence-corrected chi connectivity index (χ3v) is 7.89. The van der Waals surface area contributed by atoms with Gasteiger partial charge >= 0.3 is 6.18 Å². The van der Waals surface area contributed by atoms with Crippen LogP contribution in [0.3, 0.4) is 0 Å². The Labute approximate surface area is 248 Å². The molecule has 2 amide bonds. The molecule has 7 nitrogen and oxygen atoms in total. The van der Waals surface area contributed by atoms with Gasteiger partial charge in [-0.15, -0.1) is 0 Å². The highest BCUT2D eigenvalue weighted by Gasteiger charge is 2.44. The van der Waals surface area contributed by atoms with Crippen LogP contribution in [0, 0.1) is 23.4 Å². The predicted molar refractivity (Wildman–Crippen MR) is 148 cm³/mol. The summed E-state index contributed by atoms with van der Waals surface area (Å²) >= 11 is 0. The zero-order valence-corrected chi connectivity index (χ0v) is 23.6. The molecule has 44 heavy (non-hydrogen) atoms. The van der Waals surface area contributed by atoms with Gasteiger partial charge in [0.25, 0.3) is 5.91 Å². The van der Waals surface area contributed by atoms with Gasteiger partial charge in [0.05, 0.1) is 17.3 Å². The first-order valence-electron chi connectivity index (χ1n) is 13.7. The molecule has 13 heteroatoms. The number of nitrogens with zero attached hydrogens (tertiary/aromatic N) is 3. The van der Waals surface area contributed by atoms with Gasteiger partial charge in [0, 0.05) is 29.1 Å². The van der Waals surface area contributed by atoms with Crippen LogP contribution in [-0.4, -0.2) is 26.6 Å². The van der Waals surface area contributed by atoms with E-state index in [-0.39, 0.29) is 34.7 Å². The fourth-order valence-electron chi connectivity index (χ4n) is 5.69. The van der Waals surface area contributed by atoms with Crippen molar-refractivity contribution in [2.24, 2.45) is 11.7 Å². The molecule has 0 spiro atoms. The quantitative estimate of drug-likeness (QED) is 0.242. The zero-order valence-electron chi connectivity index (χ0n) is 23.6. The lowest BCUT2D eigenvalue weighted by Gasteiger charge is -2.22. The molecule has 0 radical (unpaired) electrons. The number of primary amides is 1. The van der Waals surface area contributed by atoms with E-state index >= 15 is 0 Å². The molecule has 2 aromatic carbocycles. The lowest BCUT2D eigenvalue weighted by molar-refractivity contribution is -0.142. The Morgan fingerprint density at radius 3 is 2.43 bits per heavy atom. The number of amides is 2. The van der Waals surface area contributed by atoms with Gasteiger partial charge < -0.3 is 11.1 Å². The topological polar surface area (TPSA) is 103 Å². The van der Waals surface area contributed by atoms with Crippen molar-refractivity contribution in [3.05, 3.63) is 106 Å². The molecule has 3 N–H and O–H groups in total. The number of fused-ring (bicyclic) bond motifs is 1. The first-order valence-corrected chi connectivity index (χ1v) is 13.7. The maximum absolute atomic E-state index is 14.2. The highest BCUT2D eigenvalue weighted by molar-refractivity contribution is 5.94. The number of nitrogens with one attached hydrogen (secondary N) is 1. The Hall–Kier alpha value is -4.68. The number of alkyl halides is 3. The van der Waals surface area contributed by atoms with Gasteiger partial charge in [-0.05, 0) is 66.1 Å². The van der Waals surface area contributed by atoms with E-state index in [0.717, 1.165) is 22.9 Å². The minimum Gasteiger partial charge on any atom is -0.366 e. The Balaban J connectivity index is 1.53. The first kappa shape index (κ1) is 30.8. The Bertz CT molecular complexity index is 1730. The standard InChI is InChI=1S/C31H27F6N5O2/c1-15-8-25-27(16(15)2)29(31(35,36)37)41-42(25)14-26(43)40-24(11-17-9-19(32)13-20(33)10-17)28-21(4-3-7-39-28)18-5-6-23(34)22(12-18)30(38)44/h3-7,9-10,12-13,15-16,24H,8,11,14H2,1-2H3,(H2,38,44)(H,40,43)/t15-,16-,24+/m1/s1. The van der Waals surface area contributed by atoms with E-state index in [1.807, 2.05) is 6.92 Å². The number of carbonyl (C=O) groups excluding carboxylic acids is 2. The van der Waals surface area contributed by atoms with Gasteiger partial charge in [-0.2, -0.15) is 18.3 Å². The number of halogens is 6. The van der Waals surface area contributed by atoms with Crippen LogP contribution in [0.15, 0.2) is 54.7 Å². The maximum atomic E-state index is 14.2. The monoisotopic (exact) mass is 615 g/mol. The van der Waals surface area contributed by atoms with E-state index in [1.54, 1.807) is 19.1 Å². The summed E-state index contributed by atoms with van der Waals surface area (Å²) in [7, 11) is 0. The van der Waals surface area contributed by atoms with Crippen LogP contribution in [0.4, 0.5) is 26.3 Å². The van der Waals surface area contributed by atoms with Gasteiger partial charge in [-0.25, -0.2) is 13.2 Å². The SMILES string of the molecule is C[C@@H]1Cc2c(c(C(F)(F)F)nn2CC(=O)N[C@@H](Cc2cc(F)cc(F)c2)c2ncccc2-c2ccc(F)c(C(N)=O)c2)[C@@H]1C. The number of pyridine rings is 1. The van der Waals surface area contributed by atoms with Crippen LogP contribution in [0.25, 0.3) is 11.1 Å². The van der Waals surface area contributed by atoms with E-state index in [0.29, 0.717) is 29.3 Å². The molecule has 2 aromatic heterocycles. The second-order valence-electron chi connectivity index (χ2n) is 10.9. The fraction of sp³-hybridized carbons (Fsp3) is 0.290. The Morgan fingerprint density at radius 2 is 1.77 bits per heavy atom. The fourth-order valence-corrected chi connectivity index (χ4v) is 5.69. The molecule has 0 saturated heterocycles. The van der Waals surface area contributed by atoms with Crippen molar-refractivity contribution in [1.82, 2.24) is 20.1 Å². The van der Waals surface area contributed by atoms with Crippen molar-refractivity contribution in [2.45, 2.75) is 51.4 Å². The van der Waals surface area contributed by atoms with Crippen LogP contribution >= 0.6 is 0 Å². The molecule has 1 aliphatic rings. The third-order valence-electron chi connectivity index (χ3n) is 7.89. The summed E-state index contributed by atoms with van der Waals surface area (Å²) in [5.74, 6) is -4.80. The van der Waals surface area contributed by atoms with E-state index in [2.05, 4.69) is 15.4 Å². The number of hydrogen-bond donors (Lipinski definition) is 2. The highest BCUT2D eigenvalue weighted by Crippen LogP contribution is 2.44. The van der Waals surface area contributed by atoms with Crippen molar-refractivity contribution in [1.29, 1.82) is 0 Å². The second-order valence-corrected chi connectivity index (χ2v) is 10.9. The average Bonchev–Trinajstić information content (AvgIpc) is 3.43. The van der Waals surface area contributed by atoms with Gasteiger partial charge in [-0.3, -0.25) is 19.3 Å². The van der Waals surface area contributed by atoms with Crippen LogP contribution in [0.5, 0.6) is 0 Å². The normalized spacial score (nSPS) is 16.9. The molecule has 5 rings (SSSR count). The first-order chi connectivity index (χ1) is 20.7. The second kappa shape index (κ2) is 11.8. The Morgan fingerprint density at radius 1 is 1.07 bits per heavy atom. The van der Waals surface area contributed by atoms with Crippen LogP contribution in [0.1, 0.15) is 64.4 Å².